The van der Waals surface area contributed by atoms with Gasteiger partial charge in [-0.1, -0.05) is 0 Å². The first-order chi connectivity index (χ1) is 8.76. The van der Waals surface area contributed by atoms with Crippen LogP contribution < -0.4 is 18.9 Å². The lowest BCUT2D eigenvalue weighted by atomic mass is 10.2. The highest BCUT2D eigenvalue weighted by atomic mass is 32.1. The van der Waals surface area contributed by atoms with E-state index in [4.69, 9.17) is 18.9 Å². The largest absolute Gasteiger partial charge is 0.493 e. The molecule has 4 nitrogen and oxygen atoms in total. The van der Waals surface area contributed by atoms with Crippen molar-refractivity contribution in [3.8, 4) is 23.0 Å². The van der Waals surface area contributed by atoms with Gasteiger partial charge in [-0.2, -0.15) is 12.6 Å². The summed E-state index contributed by atoms with van der Waals surface area (Å²) in [4.78, 5) is 0. The Morgan fingerprint density at radius 2 is 1.56 bits per heavy atom. The molecule has 18 heavy (non-hydrogen) atoms. The van der Waals surface area contributed by atoms with Gasteiger partial charge in [-0.05, 0) is 18.6 Å². The van der Waals surface area contributed by atoms with Crippen LogP contribution in [0, 0.1) is 0 Å². The molecule has 5 heteroatoms. The van der Waals surface area contributed by atoms with Crippen molar-refractivity contribution in [1.82, 2.24) is 0 Å². The maximum atomic E-state index is 5.64. The van der Waals surface area contributed by atoms with Gasteiger partial charge in [0, 0.05) is 12.1 Å². The molecule has 0 amide bonds. The molecule has 1 rings (SSSR count). The molecule has 0 unspecified atom stereocenters. The van der Waals surface area contributed by atoms with Crippen LogP contribution in [0.5, 0.6) is 23.0 Å². The molecule has 1 aromatic carbocycles. The van der Waals surface area contributed by atoms with Crippen LogP contribution in [0.1, 0.15) is 12.8 Å². The van der Waals surface area contributed by atoms with E-state index in [1.165, 1.54) is 0 Å². The van der Waals surface area contributed by atoms with Crippen molar-refractivity contribution in [2.45, 2.75) is 12.8 Å². The highest BCUT2D eigenvalue weighted by Gasteiger charge is 2.13. The van der Waals surface area contributed by atoms with E-state index in [-0.39, 0.29) is 0 Å². The third kappa shape index (κ3) is 3.91. The van der Waals surface area contributed by atoms with Crippen LogP contribution in [0.2, 0.25) is 0 Å². The van der Waals surface area contributed by atoms with Crippen LogP contribution in [0.15, 0.2) is 12.1 Å². The fourth-order valence-corrected chi connectivity index (χ4v) is 1.77. The van der Waals surface area contributed by atoms with Crippen molar-refractivity contribution < 1.29 is 18.9 Å². The van der Waals surface area contributed by atoms with Gasteiger partial charge in [-0.25, -0.2) is 0 Å². The van der Waals surface area contributed by atoms with E-state index in [0.29, 0.717) is 29.6 Å². The Balaban J connectivity index is 2.80. The Kier molecular flexibility index (Phi) is 6.57. The van der Waals surface area contributed by atoms with Crippen LogP contribution in [0.25, 0.3) is 0 Å². The lowest BCUT2D eigenvalue weighted by Crippen LogP contribution is -2.00. The topological polar surface area (TPSA) is 36.9 Å². The zero-order valence-corrected chi connectivity index (χ0v) is 12.0. The van der Waals surface area contributed by atoms with Gasteiger partial charge in [0.2, 0.25) is 5.75 Å². The highest BCUT2D eigenvalue weighted by Crippen LogP contribution is 2.40. The molecular formula is C13H20O4S. The molecule has 0 aliphatic heterocycles. The SMILES string of the molecule is COc1cc(OCCCCS)cc(OC)c1OC. The third-order valence-corrected chi connectivity index (χ3v) is 2.78. The Bertz CT molecular complexity index is 343. The minimum atomic E-state index is 0.572. The number of hydrogen-bond donors (Lipinski definition) is 1. The summed E-state index contributed by atoms with van der Waals surface area (Å²) >= 11 is 4.16. The molecule has 0 fully saturated rings. The van der Waals surface area contributed by atoms with Crippen molar-refractivity contribution in [3.63, 3.8) is 0 Å². The molecule has 0 N–H and O–H groups in total. The molecule has 0 atom stereocenters. The van der Waals surface area contributed by atoms with Gasteiger partial charge in [0.25, 0.3) is 0 Å². The molecule has 0 aliphatic carbocycles. The number of unbranched alkanes of at least 4 members (excludes halogenated alkanes) is 1. The first kappa shape index (κ1) is 14.8. The average Bonchev–Trinajstić information content (AvgIpc) is 2.42. The lowest BCUT2D eigenvalue weighted by molar-refractivity contribution is 0.294. The fraction of sp³-hybridized carbons (Fsp3) is 0.538. The second-order valence-corrected chi connectivity index (χ2v) is 4.09. The van der Waals surface area contributed by atoms with Crippen molar-refractivity contribution in [3.05, 3.63) is 12.1 Å². The summed E-state index contributed by atoms with van der Waals surface area (Å²) in [7, 11) is 4.75. The summed E-state index contributed by atoms with van der Waals surface area (Å²) in [5.74, 6) is 3.35. The number of methoxy groups -OCH3 is 3. The van der Waals surface area contributed by atoms with Gasteiger partial charge in [0.05, 0.1) is 27.9 Å². The average molecular weight is 272 g/mol. The van der Waals surface area contributed by atoms with E-state index >= 15 is 0 Å². The normalized spacial score (nSPS) is 10.0. The lowest BCUT2D eigenvalue weighted by Gasteiger charge is -2.14. The summed E-state index contributed by atoms with van der Waals surface area (Å²) in [5, 5.41) is 0. The number of hydrogen-bond acceptors (Lipinski definition) is 5. The van der Waals surface area contributed by atoms with Gasteiger partial charge in [-0.15, -0.1) is 0 Å². The van der Waals surface area contributed by atoms with E-state index in [2.05, 4.69) is 12.6 Å². The Morgan fingerprint density at radius 1 is 0.944 bits per heavy atom. The zero-order valence-electron chi connectivity index (χ0n) is 11.1. The summed E-state index contributed by atoms with van der Waals surface area (Å²) in [6, 6.07) is 3.59. The zero-order chi connectivity index (χ0) is 13.4. The van der Waals surface area contributed by atoms with Crippen LogP contribution in [0.3, 0.4) is 0 Å². The van der Waals surface area contributed by atoms with Crippen LogP contribution >= 0.6 is 12.6 Å². The number of benzene rings is 1. The first-order valence-corrected chi connectivity index (χ1v) is 6.43. The molecule has 0 heterocycles. The standard InChI is InChI=1S/C13H20O4S/c1-14-11-8-10(17-6-4-5-7-18)9-12(15-2)13(11)16-3/h8-9,18H,4-7H2,1-3H3. The molecule has 102 valence electrons. The van der Waals surface area contributed by atoms with E-state index in [1.54, 1.807) is 33.5 Å². The minimum Gasteiger partial charge on any atom is -0.493 e. The molecule has 0 saturated heterocycles. The molecule has 0 spiro atoms. The van der Waals surface area contributed by atoms with Gasteiger partial charge in [0.1, 0.15) is 5.75 Å². The van der Waals surface area contributed by atoms with Crippen LogP contribution in [-0.2, 0) is 0 Å². The van der Waals surface area contributed by atoms with Crippen molar-refractivity contribution in [2.24, 2.45) is 0 Å². The van der Waals surface area contributed by atoms with Crippen molar-refractivity contribution >= 4 is 12.6 Å². The Hall–Kier alpha value is -1.23. The fourth-order valence-electron chi connectivity index (χ4n) is 1.54. The molecule has 0 radical (unpaired) electrons. The van der Waals surface area contributed by atoms with Crippen LogP contribution in [0.4, 0.5) is 0 Å². The van der Waals surface area contributed by atoms with E-state index in [9.17, 15) is 0 Å². The van der Waals surface area contributed by atoms with E-state index in [1.807, 2.05) is 0 Å². The molecule has 0 bridgehead atoms. The molecular weight excluding hydrogens is 252 g/mol. The van der Waals surface area contributed by atoms with Gasteiger partial charge >= 0.3 is 0 Å². The summed E-state index contributed by atoms with van der Waals surface area (Å²) < 4.78 is 21.4. The van der Waals surface area contributed by atoms with Crippen LogP contribution in [-0.4, -0.2) is 33.7 Å². The minimum absolute atomic E-state index is 0.572. The predicted molar refractivity (Wildman–Crippen MR) is 74.7 cm³/mol. The molecule has 1 aromatic rings. The number of ether oxygens (including phenoxy) is 4. The van der Waals surface area contributed by atoms with Crippen molar-refractivity contribution in [2.75, 3.05) is 33.7 Å². The predicted octanol–water partition coefficient (Wildman–Crippen LogP) is 2.80. The maximum absolute atomic E-state index is 5.64. The second-order valence-electron chi connectivity index (χ2n) is 3.64. The smallest absolute Gasteiger partial charge is 0.203 e. The third-order valence-electron chi connectivity index (χ3n) is 2.46. The highest BCUT2D eigenvalue weighted by molar-refractivity contribution is 7.80. The first-order valence-electron chi connectivity index (χ1n) is 5.80. The maximum Gasteiger partial charge on any atom is 0.203 e. The quantitative estimate of drug-likeness (QED) is 0.583. The van der Waals surface area contributed by atoms with E-state index < -0.39 is 0 Å². The monoisotopic (exact) mass is 272 g/mol. The number of thiol groups is 1. The summed E-state index contributed by atoms with van der Waals surface area (Å²) in [6.07, 6.45) is 2.01. The number of rotatable bonds is 8. The second kappa shape index (κ2) is 7.97. The molecule has 0 saturated carbocycles. The van der Waals surface area contributed by atoms with Gasteiger partial charge in [-0.3, -0.25) is 0 Å². The van der Waals surface area contributed by atoms with Crippen molar-refractivity contribution in [1.29, 1.82) is 0 Å². The molecule has 0 aromatic heterocycles. The Labute approximate surface area is 114 Å². The van der Waals surface area contributed by atoms with Gasteiger partial charge < -0.3 is 18.9 Å². The Morgan fingerprint density at radius 3 is 2.00 bits per heavy atom. The summed E-state index contributed by atoms with van der Waals surface area (Å²) in [5.41, 5.74) is 0. The van der Waals surface area contributed by atoms with E-state index in [0.717, 1.165) is 18.6 Å². The molecule has 0 aliphatic rings. The summed E-state index contributed by atoms with van der Waals surface area (Å²) in [6.45, 7) is 0.652. The van der Waals surface area contributed by atoms with Gasteiger partial charge in [0.15, 0.2) is 11.5 Å².